The fourth-order valence-electron chi connectivity index (χ4n) is 2.58. The number of nitrogens with zero attached hydrogens (tertiary/aromatic N) is 3. The number of pyridine rings is 1. The van der Waals surface area contributed by atoms with Crippen LogP contribution in [0.25, 0.3) is 23.1 Å². The van der Waals surface area contributed by atoms with Gasteiger partial charge in [-0.1, -0.05) is 47.6 Å². The number of para-hydroxylation sites is 1. The zero-order chi connectivity index (χ0) is 17.8. The molecule has 5 nitrogen and oxygen atoms in total. The van der Waals surface area contributed by atoms with Gasteiger partial charge in [0, 0.05) is 12.3 Å². The molecule has 26 heavy (non-hydrogen) atoms. The van der Waals surface area contributed by atoms with Crippen LogP contribution in [0.5, 0.6) is 5.75 Å². The molecule has 4 aromatic rings. The minimum atomic E-state index is 0.285. The number of benzene rings is 2. The first-order chi connectivity index (χ1) is 12.8. The molecule has 0 amide bonds. The largest absolute Gasteiger partial charge is 0.485 e. The van der Waals surface area contributed by atoms with Crippen molar-refractivity contribution in [1.82, 2.24) is 15.1 Å². The highest BCUT2D eigenvalue weighted by Gasteiger charge is 2.03. The molecule has 0 aliphatic carbocycles. The molecule has 0 atom stereocenters. The molecule has 4 rings (SSSR count). The van der Waals surface area contributed by atoms with Crippen LogP contribution in [0.4, 0.5) is 0 Å². The molecule has 0 bridgehead atoms. The van der Waals surface area contributed by atoms with E-state index in [0.29, 0.717) is 11.7 Å². The van der Waals surface area contributed by atoms with Crippen molar-refractivity contribution < 1.29 is 9.26 Å². The highest BCUT2D eigenvalue weighted by Crippen LogP contribution is 2.17. The quantitative estimate of drug-likeness (QED) is 0.527. The van der Waals surface area contributed by atoms with Crippen molar-refractivity contribution in [3.63, 3.8) is 0 Å². The minimum Gasteiger partial charge on any atom is -0.485 e. The van der Waals surface area contributed by atoms with Crippen molar-refractivity contribution in [2.45, 2.75) is 13.5 Å². The molecule has 128 valence electrons. The summed E-state index contributed by atoms with van der Waals surface area (Å²) in [6.45, 7) is 2.04. The molecule has 0 saturated carbocycles. The number of ether oxygens (including phenoxy) is 1. The lowest BCUT2D eigenvalue weighted by Crippen LogP contribution is -1.97. The zero-order valence-corrected chi connectivity index (χ0v) is 14.3. The Bertz CT molecular complexity index is 1050. The van der Waals surface area contributed by atoms with Crippen molar-refractivity contribution in [3.05, 3.63) is 83.6 Å². The molecule has 2 aromatic carbocycles. The lowest BCUT2D eigenvalue weighted by Gasteiger charge is -2.03. The normalized spacial score (nSPS) is 11.3. The molecule has 2 heterocycles. The predicted octanol–water partition coefficient (Wildman–Crippen LogP) is 4.68. The third kappa shape index (κ3) is 3.78. The maximum absolute atomic E-state index is 5.65. The second-order valence-electron chi connectivity index (χ2n) is 5.85. The van der Waals surface area contributed by atoms with Gasteiger partial charge in [-0.05, 0) is 35.9 Å². The Kier molecular flexibility index (Phi) is 4.43. The van der Waals surface area contributed by atoms with Gasteiger partial charge in [0.15, 0.2) is 6.61 Å². The van der Waals surface area contributed by atoms with Crippen LogP contribution in [0.15, 0.2) is 65.2 Å². The maximum Gasteiger partial charge on any atom is 0.223 e. The van der Waals surface area contributed by atoms with Crippen molar-refractivity contribution in [2.24, 2.45) is 0 Å². The number of rotatable bonds is 5. The number of aromatic nitrogens is 3. The molecule has 0 spiro atoms. The average molecular weight is 343 g/mol. The first-order valence-corrected chi connectivity index (χ1v) is 8.32. The van der Waals surface area contributed by atoms with Crippen molar-refractivity contribution in [1.29, 1.82) is 0 Å². The summed E-state index contributed by atoms with van der Waals surface area (Å²) in [5.41, 5.74) is 2.99. The summed E-state index contributed by atoms with van der Waals surface area (Å²) in [4.78, 5) is 8.75. The maximum atomic E-state index is 5.65. The summed E-state index contributed by atoms with van der Waals surface area (Å²) in [5.74, 6) is 1.83. The number of hydrogen-bond donors (Lipinski definition) is 0. The fourth-order valence-corrected chi connectivity index (χ4v) is 2.58. The van der Waals surface area contributed by atoms with Crippen LogP contribution in [0.2, 0.25) is 0 Å². The van der Waals surface area contributed by atoms with Crippen molar-refractivity contribution in [2.75, 3.05) is 0 Å². The molecule has 0 unspecified atom stereocenters. The molecular formula is C21H17N3O2. The van der Waals surface area contributed by atoms with Crippen LogP contribution in [-0.4, -0.2) is 15.1 Å². The Morgan fingerprint density at radius 2 is 1.77 bits per heavy atom. The second kappa shape index (κ2) is 7.19. The first kappa shape index (κ1) is 16.0. The van der Waals surface area contributed by atoms with E-state index in [4.69, 9.17) is 9.26 Å². The molecule has 0 aliphatic heterocycles. The van der Waals surface area contributed by atoms with E-state index in [9.17, 15) is 0 Å². The Balaban J connectivity index is 1.41. The van der Waals surface area contributed by atoms with Crippen LogP contribution in [-0.2, 0) is 6.61 Å². The van der Waals surface area contributed by atoms with E-state index in [1.54, 1.807) is 6.92 Å². The third-order valence-corrected chi connectivity index (χ3v) is 3.88. The summed E-state index contributed by atoms with van der Waals surface area (Å²) in [7, 11) is 0. The molecular weight excluding hydrogens is 326 g/mol. The van der Waals surface area contributed by atoms with Gasteiger partial charge in [-0.3, -0.25) is 0 Å². The van der Waals surface area contributed by atoms with Gasteiger partial charge in [0.25, 0.3) is 0 Å². The van der Waals surface area contributed by atoms with Crippen molar-refractivity contribution >= 4 is 23.1 Å². The van der Waals surface area contributed by atoms with E-state index < -0.39 is 0 Å². The summed E-state index contributed by atoms with van der Waals surface area (Å²) in [5, 5.41) is 4.95. The first-order valence-electron chi connectivity index (χ1n) is 8.32. The molecule has 5 heteroatoms. The molecule has 0 fully saturated rings. The molecule has 0 saturated heterocycles. The van der Waals surface area contributed by atoms with Gasteiger partial charge in [0.1, 0.15) is 5.75 Å². The van der Waals surface area contributed by atoms with Crippen LogP contribution in [0, 0.1) is 6.92 Å². The van der Waals surface area contributed by atoms with E-state index in [1.807, 2.05) is 60.7 Å². The van der Waals surface area contributed by atoms with E-state index in [2.05, 4.69) is 27.3 Å². The predicted molar refractivity (Wildman–Crippen MR) is 100 cm³/mol. The van der Waals surface area contributed by atoms with Crippen LogP contribution in [0.1, 0.15) is 23.0 Å². The highest BCUT2D eigenvalue weighted by atomic mass is 16.5. The van der Waals surface area contributed by atoms with E-state index in [0.717, 1.165) is 27.9 Å². The van der Waals surface area contributed by atoms with Crippen LogP contribution in [0.3, 0.4) is 0 Å². The van der Waals surface area contributed by atoms with E-state index in [1.165, 1.54) is 0 Å². The average Bonchev–Trinajstić information content (AvgIpc) is 3.10. The molecule has 0 N–H and O–H groups in total. The zero-order valence-electron chi connectivity index (χ0n) is 14.3. The van der Waals surface area contributed by atoms with Crippen molar-refractivity contribution in [3.8, 4) is 5.75 Å². The summed E-state index contributed by atoms with van der Waals surface area (Å²) in [6.07, 6.45) is 4.04. The van der Waals surface area contributed by atoms with E-state index >= 15 is 0 Å². The molecule has 2 aromatic heterocycles. The minimum absolute atomic E-state index is 0.285. The van der Waals surface area contributed by atoms with Gasteiger partial charge >= 0.3 is 0 Å². The highest BCUT2D eigenvalue weighted by molar-refractivity contribution is 5.80. The Labute approximate surface area is 151 Å². The number of aryl methyl sites for hydroxylation is 1. The lowest BCUT2D eigenvalue weighted by atomic mass is 10.1. The Hall–Kier alpha value is -3.47. The van der Waals surface area contributed by atoms with E-state index in [-0.39, 0.29) is 6.61 Å². The summed E-state index contributed by atoms with van der Waals surface area (Å²) >= 11 is 0. The Morgan fingerprint density at radius 3 is 2.58 bits per heavy atom. The summed E-state index contributed by atoms with van der Waals surface area (Å²) < 4.78 is 10.6. The van der Waals surface area contributed by atoms with Gasteiger partial charge in [-0.15, -0.1) is 0 Å². The van der Waals surface area contributed by atoms with Gasteiger partial charge in [0.05, 0.1) is 11.2 Å². The number of fused-ring (bicyclic) bond motifs is 1. The van der Waals surface area contributed by atoms with Crippen LogP contribution >= 0.6 is 0 Å². The summed E-state index contributed by atoms with van der Waals surface area (Å²) in [6, 6.07) is 20.0. The fraction of sp³-hybridized carbons (Fsp3) is 0.0952. The SMILES string of the molecule is Cc1nc(COc2ccc(/C=C/c3ccc4ccccc4n3)cc2)no1. The van der Waals surface area contributed by atoms with Gasteiger partial charge in [0.2, 0.25) is 11.7 Å². The molecule has 0 aliphatic rings. The monoisotopic (exact) mass is 343 g/mol. The van der Waals surface area contributed by atoms with Gasteiger partial charge in [-0.2, -0.15) is 4.98 Å². The van der Waals surface area contributed by atoms with Gasteiger partial charge < -0.3 is 9.26 Å². The smallest absolute Gasteiger partial charge is 0.223 e. The van der Waals surface area contributed by atoms with Gasteiger partial charge in [-0.25, -0.2) is 4.98 Å². The third-order valence-electron chi connectivity index (χ3n) is 3.88. The molecule has 0 radical (unpaired) electrons. The lowest BCUT2D eigenvalue weighted by molar-refractivity contribution is 0.285. The number of hydrogen-bond acceptors (Lipinski definition) is 5. The Morgan fingerprint density at radius 1 is 0.923 bits per heavy atom. The topological polar surface area (TPSA) is 61.0 Å². The second-order valence-corrected chi connectivity index (χ2v) is 5.85. The standard InChI is InChI=1S/C21H17N3O2/c1-15-22-21(24-26-15)14-25-19-12-7-16(8-13-19)6-10-18-11-9-17-4-2-3-5-20(17)23-18/h2-13H,14H2,1H3/b10-6+. The van der Waals surface area contributed by atoms with Crippen LogP contribution < -0.4 is 4.74 Å².